The molecule has 1 unspecified atom stereocenters. The smallest absolute Gasteiger partial charge is 0.271 e. The highest BCUT2D eigenvalue weighted by atomic mass is 32.2. The second-order valence-corrected chi connectivity index (χ2v) is 9.05. The van der Waals surface area contributed by atoms with Crippen molar-refractivity contribution in [2.45, 2.75) is 31.2 Å². The number of rotatable bonds is 5. The molecular formula is C19H18N4O4S2. The SMILES string of the molecule is CC1CCc2c(sc3ncnc(SCC(=O)Nc4cc([N+](=O)[O-])ccc4O)c23)C1. The summed E-state index contributed by atoms with van der Waals surface area (Å²) in [6, 6.07) is 3.50. The highest BCUT2D eigenvalue weighted by Gasteiger charge is 2.23. The number of phenols is 1. The molecule has 0 spiro atoms. The van der Waals surface area contributed by atoms with Crippen molar-refractivity contribution in [3.63, 3.8) is 0 Å². The summed E-state index contributed by atoms with van der Waals surface area (Å²) in [5, 5.41) is 25.1. The Balaban J connectivity index is 1.51. The number of thiophene rings is 1. The summed E-state index contributed by atoms with van der Waals surface area (Å²) in [6.45, 7) is 2.25. The van der Waals surface area contributed by atoms with E-state index in [0.29, 0.717) is 5.92 Å². The molecule has 1 atom stereocenters. The number of aromatic nitrogens is 2. The van der Waals surface area contributed by atoms with Gasteiger partial charge < -0.3 is 10.4 Å². The van der Waals surface area contributed by atoms with Crippen molar-refractivity contribution in [2.24, 2.45) is 5.92 Å². The Morgan fingerprint density at radius 2 is 2.28 bits per heavy atom. The quantitative estimate of drug-likeness (QED) is 0.205. The topological polar surface area (TPSA) is 118 Å². The molecule has 2 aromatic heterocycles. The predicted octanol–water partition coefficient (Wildman–Crippen LogP) is 4.16. The van der Waals surface area contributed by atoms with Crippen LogP contribution in [0.1, 0.15) is 23.8 Å². The van der Waals surface area contributed by atoms with Gasteiger partial charge in [0.1, 0.15) is 21.9 Å². The fourth-order valence-electron chi connectivity index (χ4n) is 3.41. The number of nitro groups is 1. The van der Waals surface area contributed by atoms with Crippen LogP contribution in [0.5, 0.6) is 5.75 Å². The predicted molar refractivity (Wildman–Crippen MR) is 113 cm³/mol. The molecule has 0 saturated carbocycles. The number of hydrogen-bond donors (Lipinski definition) is 2. The van der Waals surface area contributed by atoms with Crippen molar-refractivity contribution in [2.75, 3.05) is 11.1 Å². The summed E-state index contributed by atoms with van der Waals surface area (Å²) in [4.78, 5) is 33.8. The van der Waals surface area contributed by atoms with Gasteiger partial charge in [-0.05, 0) is 36.8 Å². The molecular weight excluding hydrogens is 412 g/mol. The van der Waals surface area contributed by atoms with Crippen LogP contribution < -0.4 is 5.32 Å². The van der Waals surface area contributed by atoms with Gasteiger partial charge in [-0.15, -0.1) is 11.3 Å². The van der Waals surface area contributed by atoms with E-state index in [1.165, 1.54) is 40.7 Å². The number of amides is 1. The first kappa shape index (κ1) is 19.6. The first-order valence-electron chi connectivity index (χ1n) is 9.07. The Morgan fingerprint density at radius 1 is 1.45 bits per heavy atom. The van der Waals surface area contributed by atoms with E-state index in [0.717, 1.165) is 40.6 Å². The van der Waals surface area contributed by atoms with Gasteiger partial charge in [-0.25, -0.2) is 9.97 Å². The summed E-state index contributed by atoms with van der Waals surface area (Å²) >= 11 is 3.00. The normalized spacial score (nSPS) is 15.8. The van der Waals surface area contributed by atoms with E-state index in [-0.39, 0.29) is 28.8 Å². The van der Waals surface area contributed by atoms with E-state index in [4.69, 9.17) is 0 Å². The fourth-order valence-corrected chi connectivity index (χ4v) is 5.65. The van der Waals surface area contributed by atoms with Gasteiger partial charge in [0.25, 0.3) is 5.69 Å². The van der Waals surface area contributed by atoms with Gasteiger partial charge in [0, 0.05) is 22.4 Å². The standard InChI is InChI=1S/C19H18N4O4S2/c1-10-2-4-12-15(6-10)29-19-17(12)18(20-9-21-19)28-8-16(25)22-13-7-11(23(26)27)3-5-14(13)24/h3,5,7,9-10,24H,2,4,6,8H2,1H3,(H,22,25). The zero-order valence-corrected chi connectivity index (χ0v) is 17.2. The van der Waals surface area contributed by atoms with Crippen molar-refractivity contribution in [1.29, 1.82) is 0 Å². The summed E-state index contributed by atoms with van der Waals surface area (Å²) in [6.07, 6.45) is 4.68. The minimum atomic E-state index is -0.581. The number of hydrogen-bond acceptors (Lipinski definition) is 8. The number of carbonyl (C=O) groups is 1. The number of carbonyl (C=O) groups excluding carboxylic acids is 1. The molecule has 0 radical (unpaired) electrons. The Kier molecular flexibility index (Phi) is 5.37. The molecule has 3 aromatic rings. The number of aromatic hydroxyl groups is 1. The van der Waals surface area contributed by atoms with Crippen LogP contribution in [0.25, 0.3) is 10.2 Å². The van der Waals surface area contributed by atoms with E-state index in [1.807, 2.05) is 0 Å². The minimum Gasteiger partial charge on any atom is -0.506 e. The molecule has 0 fully saturated rings. The minimum absolute atomic E-state index is 0.0135. The number of thioether (sulfide) groups is 1. The lowest BCUT2D eigenvalue weighted by Gasteiger charge is -2.18. The van der Waals surface area contributed by atoms with Gasteiger partial charge in [0.2, 0.25) is 5.91 Å². The van der Waals surface area contributed by atoms with Crippen LogP contribution in [0, 0.1) is 16.0 Å². The highest BCUT2D eigenvalue weighted by Crippen LogP contribution is 2.40. The molecule has 1 amide bonds. The third-order valence-corrected chi connectivity index (χ3v) is 7.01. The van der Waals surface area contributed by atoms with E-state index in [9.17, 15) is 20.0 Å². The number of anilines is 1. The van der Waals surface area contributed by atoms with Crippen molar-refractivity contribution in [3.05, 3.63) is 45.1 Å². The molecule has 4 rings (SSSR count). The van der Waals surface area contributed by atoms with Crippen LogP contribution in [-0.2, 0) is 17.6 Å². The summed E-state index contributed by atoms with van der Waals surface area (Å²) in [7, 11) is 0. The van der Waals surface area contributed by atoms with Gasteiger partial charge in [-0.3, -0.25) is 14.9 Å². The first-order valence-corrected chi connectivity index (χ1v) is 10.9. The number of non-ortho nitro benzene ring substituents is 1. The van der Waals surface area contributed by atoms with Crippen LogP contribution in [0.3, 0.4) is 0 Å². The molecule has 1 aliphatic rings. The third kappa shape index (κ3) is 4.03. The van der Waals surface area contributed by atoms with Crippen molar-refractivity contribution < 1.29 is 14.8 Å². The lowest BCUT2D eigenvalue weighted by Crippen LogP contribution is -2.14. The molecule has 0 bridgehead atoms. The van der Waals surface area contributed by atoms with Crippen LogP contribution in [0.4, 0.5) is 11.4 Å². The van der Waals surface area contributed by atoms with E-state index < -0.39 is 4.92 Å². The zero-order chi connectivity index (χ0) is 20.5. The number of benzene rings is 1. The maximum atomic E-state index is 12.4. The number of aryl methyl sites for hydroxylation is 1. The molecule has 0 aliphatic heterocycles. The fraction of sp³-hybridized carbons (Fsp3) is 0.316. The average molecular weight is 431 g/mol. The number of nitro benzene ring substituents is 1. The zero-order valence-electron chi connectivity index (χ0n) is 15.5. The van der Waals surface area contributed by atoms with Crippen molar-refractivity contribution in [3.8, 4) is 5.75 Å². The van der Waals surface area contributed by atoms with E-state index in [2.05, 4.69) is 22.2 Å². The molecule has 2 N–H and O–H groups in total. The molecule has 1 aromatic carbocycles. The number of nitrogens with zero attached hydrogens (tertiary/aromatic N) is 3. The summed E-state index contributed by atoms with van der Waals surface area (Å²) in [5.74, 6) is 0.123. The highest BCUT2D eigenvalue weighted by molar-refractivity contribution is 8.00. The average Bonchev–Trinajstić information content (AvgIpc) is 3.05. The first-order chi connectivity index (χ1) is 13.9. The van der Waals surface area contributed by atoms with E-state index in [1.54, 1.807) is 11.3 Å². The maximum Gasteiger partial charge on any atom is 0.271 e. The van der Waals surface area contributed by atoms with E-state index >= 15 is 0 Å². The van der Waals surface area contributed by atoms with Gasteiger partial charge in [-0.1, -0.05) is 18.7 Å². The van der Waals surface area contributed by atoms with Crippen LogP contribution in [0.2, 0.25) is 0 Å². The monoisotopic (exact) mass is 430 g/mol. The molecule has 10 heteroatoms. The molecule has 29 heavy (non-hydrogen) atoms. The lowest BCUT2D eigenvalue weighted by atomic mass is 9.89. The van der Waals surface area contributed by atoms with Gasteiger partial charge in [-0.2, -0.15) is 0 Å². The van der Waals surface area contributed by atoms with Crippen LogP contribution in [-0.4, -0.2) is 31.7 Å². The second-order valence-electron chi connectivity index (χ2n) is 7.01. The number of fused-ring (bicyclic) bond motifs is 3. The molecule has 0 saturated heterocycles. The third-order valence-electron chi connectivity index (χ3n) is 4.86. The lowest BCUT2D eigenvalue weighted by molar-refractivity contribution is -0.384. The molecule has 150 valence electrons. The molecule has 2 heterocycles. The van der Waals surface area contributed by atoms with Crippen LogP contribution in [0.15, 0.2) is 29.6 Å². The van der Waals surface area contributed by atoms with Gasteiger partial charge >= 0.3 is 0 Å². The molecule has 1 aliphatic carbocycles. The maximum absolute atomic E-state index is 12.4. The Morgan fingerprint density at radius 3 is 3.07 bits per heavy atom. The van der Waals surface area contributed by atoms with Gasteiger partial charge in [0.05, 0.1) is 16.4 Å². The molecule has 8 nitrogen and oxygen atoms in total. The van der Waals surface area contributed by atoms with Crippen molar-refractivity contribution in [1.82, 2.24) is 9.97 Å². The van der Waals surface area contributed by atoms with Crippen LogP contribution >= 0.6 is 23.1 Å². The second kappa shape index (κ2) is 7.96. The Hall–Kier alpha value is -2.72. The number of nitrogens with one attached hydrogen (secondary N) is 1. The Labute approximate surface area is 174 Å². The largest absolute Gasteiger partial charge is 0.506 e. The number of phenolic OH excluding ortho intramolecular Hbond substituents is 1. The summed E-state index contributed by atoms with van der Waals surface area (Å²) in [5.41, 5.74) is 1.10. The Bertz CT molecular complexity index is 1120. The van der Waals surface area contributed by atoms with Gasteiger partial charge in [0.15, 0.2) is 0 Å². The van der Waals surface area contributed by atoms with Crippen molar-refractivity contribution >= 4 is 50.6 Å². The summed E-state index contributed by atoms with van der Waals surface area (Å²) < 4.78 is 0.